The van der Waals surface area contributed by atoms with Crippen LogP contribution in [0.2, 0.25) is 0 Å². The lowest BCUT2D eigenvalue weighted by Gasteiger charge is -2.41. The second-order valence-electron chi connectivity index (χ2n) is 6.74. The van der Waals surface area contributed by atoms with Crippen LogP contribution in [0.15, 0.2) is 30.3 Å². The molecule has 2 heterocycles. The summed E-state index contributed by atoms with van der Waals surface area (Å²) in [5.74, 6) is 0.908. The summed E-state index contributed by atoms with van der Waals surface area (Å²) in [5.41, 5.74) is 1.46. The highest BCUT2D eigenvalue weighted by Crippen LogP contribution is 2.24. The summed E-state index contributed by atoms with van der Waals surface area (Å²) >= 11 is 0. The molecule has 0 aromatic heterocycles. The molecule has 0 saturated carbocycles. The lowest BCUT2D eigenvalue weighted by atomic mass is 9.95. The Labute approximate surface area is 123 Å². The van der Waals surface area contributed by atoms with Crippen molar-refractivity contribution in [3.05, 3.63) is 35.9 Å². The molecule has 0 aliphatic carbocycles. The Kier molecular flexibility index (Phi) is 4.74. The summed E-state index contributed by atoms with van der Waals surface area (Å²) in [6.45, 7) is 8.76. The van der Waals surface area contributed by atoms with Crippen LogP contribution in [0.3, 0.4) is 0 Å². The third-order valence-corrected chi connectivity index (χ3v) is 5.01. The van der Waals surface area contributed by atoms with Gasteiger partial charge in [0.15, 0.2) is 0 Å². The van der Waals surface area contributed by atoms with Gasteiger partial charge in [0.05, 0.1) is 0 Å². The number of benzene rings is 1. The van der Waals surface area contributed by atoms with E-state index in [9.17, 15) is 0 Å². The standard InChI is InChI=1S/C18H28N2/c1-16-6-5-11-20(14-16)18-9-12-19(13-10-18)15-17-7-3-2-4-8-17/h2-4,7-8,16,18H,5-6,9-15H2,1H3/t16-/m1/s1. The molecule has 2 saturated heterocycles. The highest BCUT2D eigenvalue weighted by Gasteiger charge is 2.27. The van der Waals surface area contributed by atoms with Gasteiger partial charge in [0.1, 0.15) is 0 Å². The molecular weight excluding hydrogens is 244 g/mol. The van der Waals surface area contributed by atoms with Crippen molar-refractivity contribution in [2.45, 2.75) is 45.2 Å². The number of rotatable bonds is 3. The molecule has 2 aliphatic heterocycles. The van der Waals surface area contributed by atoms with Crippen LogP contribution >= 0.6 is 0 Å². The van der Waals surface area contributed by atoms with Crippen LogP contribution < -0.4 is 0 Å². The van der Waals surface area contributed by atoms with Gasteiger partial charge >= 0.3 is 0 Å². The van der Waals surface area contributed by atoms with Crippen LogP contribution in [0.5, 0.6) is 0 Å². The molecule has 0 amide bonds. The van der Waals surface area contributed by atoms with Crippen molar-refractivity contribution in [1.82, 2.24) is 9.80 Å². The molecular formula is C18H28N2. The number of hydrogen-bond acceptors (Lipinski definition) is 2. The predicted molar refractivity (Wildman–Crippen MR) is 84.7 cm³/mol. The van der Waals surface area contributed by atoms with Crippen molar-refractivity contribution in [3.8, 4) is 0 Å². The van der Waals surface area contributed by atoms with Crippen molar-refractivity contribution in [1.29, 1.82) is 0 Å². The fourth-order valence-corrected chi connectivity index (χ4v) is 3.84. The van der Waals surface area contributed by atoms with Crippen molar-refractivity contribution in [2.24, 2.45) is 5.92 Å². The van der Waals surface area contributed by atoms with Gasteiger partial charge in [-0.25, -0.2) is 0 Å². The quantitative estimate of drug-likeness (QED) is 0.832. The first kappa shape index (κ1) is 14.1. The SMILES string of the molecule is C[C@@H]1CCCN(C2CCN(Cc3ccccc3)CC2)C1. The first-order valence-electron chi connectivity index (χ1n) is 8.31. The van der Waals surface area contributed by atoms with Crippen LogP contribution in [-0.4, -0.2) is 42.0 Å². The molecule has 0 radical (unpaired) electrons. The molecule has 2 nitrogen and oxygen atoms in total. The van der Waals surface area contributed by atoms with Gasteiger partial charge in [0.2, 0.25) is 0 Å². The zero-order chi connectivity index (χ0) is 13.8. The average molecular weight is 272 g/mol. The topological polar surface area (TPSA) is 6.48 Å². The molecule has 1 atom stereocenters. The second-order valence-corrected chi connectivity index (χ2v) is 6.74. The van der Waals surface area contributed by atoms with Crippen molar-refractivity contribution >= 4 is 0 Å². The minimum atomic E-state index is 0.852. The van der Waals surface area contributed by atoms with Crippen molar-refractivity contribution < 1.29 is 0 Å². The van der Waals surface area contributed by atoms with E-state index in [1.807, 2.05) is 0 Å². The molecule has 3 rings (SSSR count). The third-order valence-electron chi connectivity index (χ3n) is 5.01. The van der Waals surface area contributed by atoms with Gasteiger partial charge in [-0.2, -0.15) is 0 Å². The van der Waals surface area contributed by atoms with E-state index in [2.05, 4.69) is 47.1 Å². The Balaban J connectivity index is 1.47. The fourth-order valence-electron chi connectivity index (χ4n) is 3.84. The van der Waals surface area contributed by atoms with Gasteiger partial charge in [-0.05, 0) is 56.8 Å². The largest absolute Gasteiger partial charge is 0.300 e. The van der Waals surface area contributed by atoms with Crippen molar-refractivity contribution in [3.63, 3.8) is 0 Å². The monoisotopic (exact) mass is 272 g/mol. The Morgan fingerprint density at radius 2 is 1.75 bits per heavy atom. The van der Waals surface area contributed by atoms with Crippen LogP contribution in [0, 0.1) is 5.92 Å². The first-order chi connectivity index (χ1) is 9.81. The normalized spacial score (nSPS) is 26.8. The third kappa shape index (κ3) is 3.62. The molecule has 2 fully saturated rings. The summed E-state index contributed by atoms with van der Waals surface area (Å²) in [6.07, 6.45) is 5.56. The van der Waals surface area contributed by atoms with Crippen LogP contribution in [-0.2, 0) is 6.54 Å². The maximum atomic E-state index is 2.77. The van der Waals surface area contributed by atoms with Gasteiger partial charge in [-0.1, -0.05) is 37.3 Å². The smallest absolute Gasteiger partial charge is 0.0233 e. The van der Waals surface area contributed by atoms with E-state index < -0.39 is 0 Å². The summed E-state index contributed by atoms with van der Waals surface area (Å²) in [5, 5.41) is 0. The van der Waals surface area contributed by atoms with Gasteiger partial charge < -0.3 is 4.90 Å². The van der Waals surface area contributed by atoms with E-state index in [1.165, 1.54) is 57.4 Å². The van der Waals surface area contributed by atoms with Crippen LogP contribution in [0.4, 0.5) is 0 Å². The van der Waals surface area contributed by atoms with E-state index in [-0.39, 0.29) is 0 Å². The molecule has 2 heteroatoms. The maximum absolute atomic E-state index is 2.77. The summed E-state index contributed by atoms with van der Waals surface area (Å²) < 4.78 is 0. The van der Waals surface area contributed by atoms with Gasteiger partial charge in [0, 0.05) is 19.1 Å². The summed E-state index contributed by atoms with van der Waals surface area (Å²) in [4.78, 5) is 5.40. The Hall–Kier alpha value is -0.860. The Morgan fingerprint density at radius 1 is 1.00 bits per heavy atom. The molecule has 0 unspecified atom stereocenters. The molecule has 0 spiro atoms. The second kappa shape index (κ2) is 6.73. The highest BCUT2D eigenvalue weighted by atomic mass is 15.2. The van der Waals surface area contributed by atoms with E-state index >= 15 is 0 Å². The van der Waals surface area contributed by atoms with E-state index in [4.69, 9.17) is 0 Å². The van der Waals surface area contributed by atoms with Crippen LogP contribution in [0.1, 0.15) is 38.2 Å². The van der Waals surface area contributed by atoms with E-state index in [1.54, 1.807) is 0 Å². The number of nitrogens with zero attached hydrogens (tertiary/aromatic N) is 2. The van der Waals surface area contributed by atoms with Gasteiger partial charge in [-0.3, -0.25) is 4.90 Å². The number of likely N-dealkylation sites (tertiary alicyclic amines) is 2. The maximum Gasteiger partial charge on any atom is 0.0233 e. The van der Waals surface area contributed by atoms with E-state index in [0.717, 1.165) is 18.5 Å². The summed E-state index contributed by atoms with van der Waals surface area (Å²) in [6, 6.07) is 11.8. The molecule has 0 N–H and O–H groups in total. The lowest BCUT2D eigenvalue weighted by Crippen LogP contribution is -2.47. The zero-order valence-corrected chi connectivity index (χ0v) is 12.8. The van der Waals surface area contributed by atoms with Gasteiger partial charge in [-0.15, -0.1) is 0 Å². The number of piperidine rings is 2. The molecule has 0 bridgehead atoms. The number of hydrogen-bond donors (Lipinski definition) is 0. The van der Waals surface area contributed by atoms with E-state index in [0.29, 0.717) is 0 Å². The molecule has 20 heavy (non-hydrogen) atoms. The molecule has 2 aliphatic rings. The van der Waals surface area contributed by atoms with Crippen molar-refractivity contribution in [2.75, 3.05) is 26.2 Å². The minimum absolute atomic E-state index is 0.852. The molecule has 110 valence electrons. The first-order valence-corrected chi connectivity index (χ1v) is 8.31. The fraction of sp³-hybridized carbons (Fsp3) is 0.667. The minimum Gasteiger partial charge on any atom is -0.300 e. The Bertz CT molecular complexity index is 395. The molecule has 1 aromatic rings. The zero-order valence-electron chi connectivity index (χ0n) is 12.8. The summed E-state index contributed by atoms with van der Waals surface area (Å²) in [7, 11) is 0. The predicted octanol–water partition coefficient (Wildman–Crippen LogP) is 3.38. The average Bonchev–Trinajstić information content (AvgIpc) is 2.49. The highest BCUT2D eigenvalue weighted by molar-refractivity contribution is 5.14. The molecule has 1 aromatic carbocycles. The Morgan fingerprint density at radius 3 is 2.45 bits per heavy atom. The lowest BCUT2D eigenvalue weighted by molar-refractivity contribution is 0.0729. The van der Waals surface area contributed by atoms with Crippen LogP contribution in [0.25, 0.3) is 0 Å². The van der Waals surface area contributed by atoms with Gasteiger partial charge in [0.25, 0.3) is 0 Å².